The molecule has 0 amide bonds. The fourth-order valence-electron chi connectivity index (χ4n) is 11.8. The summed E-state index contributed by atoms with van der Waals surface area (Å²) in [6.07, 6.45) is 16.2. The molecule has 4 saturated carbocycles. The Morgan fingerprint density at radius 1 is 0.837 bits per heavy atom. The van der Waals surface area contributed by atoms with Gasteiger partial charge in [-0.05, 0) is 134 Å². The SMILES string of the molecule is CC(=O)O[C@H]1C[C@@H]2CC[C@@H]3[C@H](CC[C@]4(C)[C@H](OC(=O)C(C)(C)C)[C@@H]([N+]5(C)CCCCC5)C[C@@H]34)[C@@]2(C)C[C@@H]1N1CCCCC1. The van der Waals surface area contributed by atoms with Gasteiger partial charge in [-0.15, -0.1) is 0 Å². The smallest absolute Gasteiger partial charge is 0.311 e. The van der Waals surface area contributed by atoms with Crippen LogP contribution in [-0.4, -0.2) is 78.8 Å². The van der Waals surface area contributed by atoms with E-state index >= 15 is 0 Å². The van der Waals surface area contributed by atoms with Crippen molar-refractivity contribution >= 4 is 11.9 Å². The third-order valence-electron chi connectivity index (χ3n) is 14.3. The zero-order chi connectivity index (χ0) is 30.8. The summed E-state index contributed by atoms with van der Waals surface area (Å²) in [5.41, 5.74) is -0.148. The minimum atomic E-state index is -0.480. The minimum absolute atomic E-state index is 0.0135. The van der Waals surface area contributed by atoms with E-state index in [0.29, 0.717) is 35.8 Å². The molecular formula is C37H63N2O4+. The molecule has 244 valence electrons. The van der Waals surface area contributed by atoms with Crippen LogP contribution in [0.3, 0.4) is 0 Å². The van der Waals surface area contributed by atoms with Crippen LogP contribution in [0.5, 0.6) is 0 Å². The van der Waals surface area contributed by atoms with Crippen LogP contribution in [0.1, 0.15) is 125 Å². The van der Waals surface area contributed by atoms with Crippen molar-refractivity contribution in [3.05, 3.63) is 0 Å². The largest absolute Gasteiger partial charge is 0.461 e. The summed E-state index contributed by atoms with van der Waals surface area (Å²) in [7, 11) is 2.48. The van der Waals surface area contributed by atoms with Crippen LogP contribution in [0.2, 0.25) is 0 Å². The number of fused-ring (bicyclic) bond motifs is 5. The lowest BCUT2D eigenvalue weighted by Crippen LogP contribution is -2.61. The number of hydrogen-bond acceptors (Lipinski definition) is 5. The Labute approximate surface area is 262 Å². The second kappa shape index (κ2) is 11.6. The summed E-state index contributed by atoms with van der Waals surface area (Å²) in [6.45, 7) is 17.5. The van der Waals surface area contributed by atoms with Gasteiger partial charge in [-0.2, -0.15) is 0 Å². The number of nitrogens with zero attached hydrogens (tertiary/aromatic N) is 2. The predicted octanol–water partition coefficient (Wildman–Crippen LogP) is 6.99. The van der Waals surface area contributed by atoms with Crippen molar-refractivity contribution in [1.82, 2.24) is 4.90 Å². The lowest BCUT2D eigenvalue weighted by atomic mass is 9.44. The van der Waals surface area contributed by atoms with Crippen molar-refractivity contribution in [2.75, 3.05) is 33.2 Å². The van der Waals surface area contributed by atoms with Gasteiger partial charge in [0.15, 0.2) is 6.10 Å². The third kappa shape index (κ3) is 5.61. The quantitative estimate of drug-likeness (QED) is 0.258. The van der Waals surface area contributed by atoms with Crippen LogP contribution >= 0.6 is 0 Å². The Balaban J connectivity index is 1.30. The first kappa shape index (κ1) is 31.8. The van der Waals surface area contributed by atoms with E-state index < -0.39 is 5.41 Å². The van der Waals surface area contributed by atoms with Crippen molar-refractivity contribution in [2.45, 2.75) is 149 Å². The summed E-state index contributed by atoms with van der Waals surface area (Å²) >= 11 is 0. The number of carbonyl (C=O) groups is 2. The van der Waals surface area contributed by atoms with Gasteiger partial charge in [-0.1, -0.05) is 20.3 Å². The van der Waals surface area contributed by atoms with Crippen molar-refractivity contribution < 1.29 is 23.5 Å². The lowest BCUT2D eigenvalue weighted by Gasteiger charge is -2.62. The molecule has 0 bridgehead atoms. The first-order valence-corrected chi connectivity index (χ1v) is 18.2. The van der Waals surface area contributed by atoms with Gasteiger partial charge in [0.2, 0.25) is 0 Å². The zero-order valence-electron chi connectivity index (χ0n) is 28.7. The number of ether oxygens (including phenoxy) is 2. The maximum absolute atomic E-state index is 13.5. The maximum atomic E-state index is 13.5. The van der Waals surface area contributed by atoms with Crippen molar-refractivity contribution in [1.29, 1.82) is 0 Å². The summed E-state index contributed by atoms with van der Waals surface area (Å²) in [4.78, 5) is 28.5. The molecule has 0 radical (unpaired) electrons. The van der Waals surface area contributed by atoms with E-state index in [4.69, 9.17) is 9.47 Å². The van der Waals surface area contributed by atoms with Gasteiger partial charge >= 0.3 is 11.9 Å². The number of rotatable bonds is 4. The van der Waals surface area contributed by atoms with E-state index in [1.165, 1.54) is 90.1 Å². The summed E-state index contributed by atoms with van der Waals surface area (Å²) in [6, 6.07) is 0.763. The van der Waals surface area contributed by atoms with E-state index in [2.05, 4.69) is 25.8 Å². The topological polar surface area (TPSA) is 55.8 Å². The first-order chi connectivity index (χ1) is 20.3. The van der Waals surface area contributed by atoms with Crippen molar-refractivity contribution in [3.63, 3.8) is 0 Å². The van der Waals surface area contributed by atoms with Gasteiger partial charge < -0.3 is 14.0 Å². The molecule has 6 nitrogen and oxygen atoms in total. The number of likely N-dealkylation sites (N-methyl/N-ethyl adjacent to an activating group) is 1. The number of hydrogen-bond donors (Lipinski definition) is 0. The molecule has 0 aromatic rings. The minimum Gasteiger partial charge on any atom is -0.461 e. The Kier molecular flexibility index (Phi) is 8.57. The third-order valence-corrected chi connectivity index (χ3v) is 14.3. The van der Waals surface area contributed by atoms with E-state index in [0.717, 1.165) is 24.0 Å². The van der Waals surface area contributed by atoms with Crippen LogP contribution in [0, 0.1) is 39.9 Å². The highest BCUT2D eigenvalue weighted by molar-refractivity contribution is 5.75. The molecule has 6 rings (SSSR count). The number of carbonyl (C=O) groups excluding carboxylic acids is 2. The Hall–Kier alpha value is -1.14. The fraction of sp³-hybridized carbons (Fsp3) is 0.946. The average molecular weight is 600 g/mol. The van der Waals surface area contributed by atoms with E-state index in [1.807, 2.05) is 20.8 Å². The first-order valence-electron chi connectivity index (χ1n) is 18.2. The van der Waals surface area contributed by atoms with E-state index in [1.54, 1.807) is 6.92 Å². The summed E-state index contributed by atoms with van der Waals surface area (Å²) in [5.74, 6) is 2.52. The van der Waals surface area contributed by atoms with Crippen LogP contribution in [0.15, 0.2) is 0 Å². The highest BCUT2D eigenvalue weighted by atomic mass is 16.6. The van der Waals surface area contributed by atoms with E-state index in [-0.39, 0.29) is 35.0 Å². The van der Waals surface area contributed by atoms with Crippen LogP contribution in [0.25, 0.3) is 0 Å². The molecule has 0 spiro atoms. The van der Waals surface area contributed by atoms with Gasteiger partial charge in [0.1, 0.15) is 12.1 Å². The normalized spacial score (nSPS) is 44.9. The zero-order valence-corrected chi connectivity index (χ0v) is 28.7. The lowest BCUT2D eigenvalue weighted by molar-refractivity contribution is -0.940. The van der Waals surface area contributed by atoms with Gasteiger partial charge in [0, 0.05) is 24.8 Å². The van der Waals surface area contributed by atoms with Gasteiger partial charge in [-0.3, -0.25) is 14.5 Å². The second-order valence-electron chi connectivity index (χ2n) is 17.8. The number of likely N-dealkylation sites (tertiary alicyclic amines) is 2. The summed E-state index contributed by atoms with van der Waals surface area (Å²) in [5, 5.41) is 0. The molecule has 10 atom stereocenters. The molecule has 6 fully saturated rings. The highest BCUT2D eigenvalue weighted by Gasteiger charge is 2.67. The van der Waals surface area contributed by atoms with Crippen LogP contribution in [-0.2, 0) is 19.1 Å². The van der Waals surface area contributed by atoms with Crippen molar-refractivity contribution in [2.24, 2.45) is 39.9 Å². The predicted molar refractivity (Wildman–Crippen MR) is 170 cm³/mol. The number of piperidine rings is 2. The Morgan fingerprint density at radius 2 is 1.51 bits per heavy atom. The molecule has 0 N–H and O–H groups in total. The number of esters is 2. The molecule has 4 aliphatic carbocycles. The molecule has 0 unspecified atom stereocenters. The molecule has 6 heteroatoms. The molecule has 2 heterocycles. The molecule has 6 aliphatic rings. The van der Waals surface area contributed by atoms with Gasteiger partial charge in [0.25, 0.3) is 0 Å². The molecule has 0 aromatic carbocycles. The monoisotopic (exact) mass is 599 g/mol. The maximum Gasteiger partial charge on any atom is 0.311 e. The molecule has 2 aliphatic heterocycles. The van der Waals surface area contributed by atoms with Gasteiger partial charge in [-0.25, -0.2) is 0 Å². The second-order valence-corrected chi connectivity index (χ2v) is 17.8. The van der Waals surface area contributed by atoms with Crippen molar-refractivity contribution in [3.8, 4) is 0 Å². The van der Waals surface area contributed by atoms with E-state index in [9.17, 15) is 9.59 Å². The molecule has 43 heavy (non-hydrogen) atoms. The van der Waals surface area contributed by atoms with Crippen LogP contribution in [0.4, 0.5) is 0 Å². The molecular weight excluding hydrogens is 536 g/mol. The Morgan fingerprint density at radius 3 is 2.16 bits per heavy atom. The average Bonchev–Trinajstić information content (AvgIpc) is 3.26. The number of quaternary nitrogens is 1. The molecule has 0 aromatic heterocycles. The molecule has 2 saturated heterocycles. The fourth-order valence-corrected chi connectivity index (χ4v) is 11.8. The Bertz CT molecular complexity index is 1040. The highest BCUT2D eigenvalue weighted by Crippen LogP contribution is 2.68. The van der Waals surface area contributed by atoms with Gasteiger partial charge in [0.05, 0.1) is 25.6 Å². The summed E-state index contributed by atoms with van der Waals surface area (Å²) < 4.78 is 13.9. The van der Waals surface area contributed by atoms with Crippen LogP contribution < -0.4 is 0 Å². The standard InChI is InChI=1S/C37H63N2O4/c1-25(40)42-32-22-26-14-15-27-28(37(26,6)24-30(32)38-18-10-8-11-19-38)16-17-36(5)29(27)23-31(39(7)20-12-9-13-21-39)33(36)43-34(41)35(2,3)4/h26-33H,8-24H2,1-7H3/q+1/t26-,27+,28-,29-,30-,31-,32-,33+,36-,37-/m0/s1.